The van der Waals surface area contributed by atoms with Crippen molar-refractivity contribution >= 4 is 33.0 Å². The van der Waals surface area contributed by atoms with Gasteiger partial charge in [-0.2, -0.15) is 4.31 Å². The first kappa shape index (κ1) is 13.4. The third-order valence-corrected chi connectivity index (χ3v) is 1.91. The number of hydrogen-bond donors (Lipinski definition) is 4. The normalized spacial score (nSPS) is 12.4. The minimum absolute atomic E-state index is 0. The number of phosphoric acid groups is 2. The second-order valence-corrected chi connectivity index (χ2v) is 3.68. The van der Waals surface area contributed by atoms with E-state index in [0.717, 1.165) is 0 Å². The van der Waals surface area contributed by atoms with E-state index in [4.69, 9.17) is 19.6 Å². The first-order chi connectivity index (χ1) is 3.71. The molecule has 59 valence electrons. The van der Waals surface area contributed by atoms with E-state index in [-0.39, 0.29) is 17.4 Å². The van der Waals surface area contributed by atoms with Gasteiger partial charge in [-0.25, -0.2) is 9.13 Å². The maximum absolute atomic E-state index is 9.63. The zero-order valence-electron chi connectivity index (χ0n) is 4.49. The monoisotopic (exact) mass is 205 g/mol. The molecule has 0 saturated heterocycles. The Morgan fingerprint density at radius 3 is 1.10 bits per heavy atom. The van der Waals surface area contributed by atoms with Crippen LogP contribution < -0.4 is 0 Å². The molecule has 0 unspecified atom stereocenters. The van der Waals surface area contributed by atoms with Gasteiger partial charge in [0.25, 0.3) is 0 Å². The molecule has 0 aromatic rings. The van der Waals surface area contributed by atoms with E-state index in [1.807, 2.05) is 0 Å². The van der Waals surface area contributed by atoms with E-state index >= 15 is 0 Å². The fourth-order valence-corrected chi connectivity index (χ4v) is 1.25. The van der Waals surface area contributed by atoms with Crippen LogP contribution in [0, 0.1) is 0 Å². The van der Waals surface area contributed by atoms with Crippen LogP contribution in [0.4, 0.5) is 0 Å². The molecule has 10 heavy (non-hydrogen) atoms. The van der Waals surface area contributed by atoms with Gasteiger partial charge in [-0.15, -0.1) is 0 Å². The molecule has 0 amide bonds. The van der Waals surface area contributed by atoms with Gasteiger partial charge in [0.15, 0.2) is 0 Å². The minimum atomic E-state index is -5.05. The molecule has 7 nitrogen and oxygen atoms in total. The Labute approximate surface area is 66.6 Å². The zero-order chi connectivity index (χ0) is 7.71. The molecular weight excluding hydrogens is 201 g/mol. The largest absolute Gasteiger partial charge is 0.478 e. The summed E-state index contributed by atoms with van der Waals surface area (Å²) in [4.78, 5) is 31.0. The highest BCUT2D eigenvalue weighted by Crippen LogP contribution is 2.53. The van der Waals surface area contributed by atoms with Crippen LogP contribution in [0.5, 0.6) is 0 Å². The lowest BCUT2D eigenvalue weighted by atomic mass is 15.7. The second-order valence-electron chi connectivity index (χ2n) is 1.06. The van der Waals surface area contributed by atoms with Gasteiger partial charge in [0, 0.05) is 17.4 Å². The SMILES string of the molecule is O=P(O)(O)OP(=O)(O)O.[Al]. The predicted molar refractivity (Wildman–Crippen MR) is 30.9 cm³/mol. The maximum Gasteiger partial charge on any atom is 0.478 e. The molecule has 4 N–H and O–H groups in total. The lowest BCUT2D eigenvalue weighted by Crippen LogP contribution is -1.84. The van der Waals surface area contributed by atoms with Crippen LogP contribution in [0.15, 0.2) is 0 Å². The van der Waals surface area contributed by atoms with Crippen molar-refractivity contribution in [3.05, 3.63) is 0 Å². The molecule has 0 bridgehead atoms. The quantitative estimate of drug-likeness (QED) is 0.329. The number of hydrogen-bond acceptors (Lipinski definition) is 3. The van der Waals surface area contributed by atoms with Gasteiger partial charge in [-0.3, -0.25) is 0 Å². The Morgan fingerprint density at radius 1 is 0.900 bits per heavy atom. The van der Waals surface area contributed by atoms with E-state index < -0.39 is 15.6 Å². The van der Waals surface area contributed by atoms with Crippen molar-refractivity contribution in [1.82, 2.24) is 0 Å². The number of rotatable bonds is 2. The first-order valence-electron chi connectivity index (χ1n) is 1.53. The van der Waals surface area contributed by atoms with E-state index in [0.29, 0.717) is 0 Å². The Kier molecular flexibility index (Phi) is 5.33. The van der Waals surface area contributed by atoms with Gasteiger partial charge in [-0.05, 0) is 0 Å². The predicted octanol–water partition coefficient (Wildman–Crippen LogP) is -1.19. The molecule has 0 aliphatic rings. The zero-order valence-corrected chi connectivity index (χ0v) is 7.43. The van der Waals surface area contributed by atoms with Gasteiger partial charge in [0.2, 0.25) is 0 Å². The third kappa shape index (κ3) is 11.6. The summed E-state index contributed by atoms with van der Waals surface area (Å²) in [5.41, 5.74) is 0. The Bertz CT molecular complexity index is 152. The molecule has 0 saturated carbocycles. The highest BCUT2D eigenvalue weighted by molar-refractivity contribution is 7.60. The summed E-state index contributed by atoms with van der Waals surface area (Å²) in [5.74, 6) is 0. The van der Waals surface area contributed by atoms with Crippen molar-refractivity contribution in [3.8, 4) is 0 Å². The standard InChI is InChI=1S/Al.H4O7P2/c;1-8(2,3)7-9(4,5)6/h;(H2,1,2,3)(H2,4,5,6). The average molecular weight is 205 g/mol. The van der Waals surface area contributed by atoms with Crippen molar-refractivity contribution in [2.75, 3.05) is 0 Å². The van der Waals surface area contributed by atoms with Crippen molar-refractivity contribution in [3.63, 3.8) is 0 Å². The van der Waals surface area contributed by atoms with Crippen LogP contribution in [0.3, 0.4) is 0 Å². The van der Waals surface area contributed by atoms with Gasteiger partial charge in [0.05, 0.1) is 0 Å². The van der Waals surface area contributed by atoms with Gasteiger partial charge < -0.3 is 19.6 Å². The summed E-state index contributed by atoms with van der Waals surface area (Å²) in [6.45, 7) is 0. The lowest BCUT2D eigenvalue weighted by molar-refractivity contribution is 0.225. The smallest absolute Gasteiger partial charge is 0.302 e. The molecule has 0 aromatic heterocycles. The van der Waals surface area contributed by atoms with Gasteiger partial charge >= 0.3 is 15.6 Å². The van der Waals surface area contributed by atoms with Crippen LogP contribution in [-0.4, -0.2) is 36.9 Å². The van der Waals surface area contributed by atoms with Crippen molar-refractivity contribution in [2.24, 2.45) is 0 Å². The Hall–Kier alpha value is 0.792. The van der Waals surface area contributed by atoms with E-state index in [1.54, 1.807) is 0 Å². The molecule has 0 atom stereocenters. The summed E-state index contributed by atoms with van der Waals surface area (Å²) in [6, 6.07) is 0. The molecule has 0 aliphatic heterocycles. The van der Waals surface area contributed by atoms with Crippen LogP contribution in [0.2, 0.25) is 0 Å². The van der Waals surface area contributed by atoms with E-state index in [9.17, 15) is 9.13 Å². The molecule has 0 rings (SSSR count). The summed E-state index contributed by atoms with van der Waals surface area (Å²) >= 11 is 0. The summed E-state index contributed by atoms with van der Waals surface area (Å²) in [6.07, 6.45) is 0. The molecular formula is H4AlO7P2. The van der Waals surface area contributed by atoms with Crippen molar-refractivity contribution < 1.29 is 33.0 Å². The molecule has 0 heterocycles. The van der Waals surface area contributed by atoms with Crippen LogP contribution in [0.25, 0.3) is 0 Å². The molecule has 10 heteroatoms. The van der Waals surface area contributed by atoms with Crippen molar-refractivity contribution in [2.45, 2.75) is 0 Å². The maximum atomic E-state index is 9.63. The Balaban J connectivity index is 0. The third-order valence-electron chi connectivity index (χ3n) is 0.213. The Morgan fingerprint density at radius 2 is 1.10 bits per heavy atom. The highest BCUT2D eigenvalue weighted by atomic mass is 31.3. The fourth-order valence-electron chi connectivity index (χ4n) is 0.139. The van der Waals surface area contributed by atoms with E-state index in [2.05, 4.69) is 4.31 Å². The summed E-state index contributed by atoms with van der Waals surface area (Å²) in [5, 5.41) is 0. The first-order valence-corrected chi connectivity index (χ1v) is 4.59. The molecule has 0 fully saturated rings. The summed E-state index contributed by atoms with van der Waals surface area (Å²) < 4.78 is 22.2. The van der Waals surface area contributed by atoms with E-state index in [1.165, 1.54) is 0 Å². The highest BCUT2D eigenvalue weighted by Gasteiger charge is 2.27. The average Bonchev–Trinajstić information content (AvgIpc) is 1.14. The minimum Gasteiger partial charge on any atom is -0.302 e. The van der Waals surface area contributed by atoms with Crippen LogP contribution in [-0.2, 0) is 13.4 Å². The molecule has 0 aliphatic carbocycles. The van der Waals surface area contributed by atoms with Crippen LogP contribution >= 0.6 is 15.6 Å². The lowest BCUT2D eigenvalue weighted by Gasteiger charge is -2.03. The van der Waals surface area contributed by atoms with Crippen molar-refractivity contribution in [1.29, 1.82) is 0 Å². The summed E-state index contributed by atoms with van der Waals surface area (Å²) in [7, 11) is -10.1. The van der Waals surface area contributed by atoms with Crippen LogP contribution in [0.1, 0.15) is 0 Å². The molecule has 3 radical (unpaired) electrons. The second kappa shape index (κ2) is 3.98. The molecule has 0 spiro atoms. The van der Waals surface area contributed by atoms with Gasteiger partial charge in [-0.1, -0.05) is 0 Å². The fraction of sp³-hybridized carbons (Fsp3) is 0. The topological polar surface area (TPSA) is 124 Å². The molecule has 0 aromatic carbocycles. The van der Waals surface area contributed by atoms with Gasteiger partial charge in [0.1, 0.15) is 0 Å².